The lowest BCUT2D eigenvalue weighted by Gasteiger charge is -2.30. The van der Waals surface area contributed by atoms with Crippen molar-refractivity contribution >= 4 is 5.97 Å². The third-order valence-electron chi connectivity index (χ3n) is 3.47. The van der Waals surface area contributed by atoms with Crippen LogP contribution in [0.25, 0.3) is 0 Å². The van der Waals surface area contributed by atoms with Crippen molar-refractivity contribution in [3.8, 4) is 11.5 Å². The number of hydrogen-bond donors (Lipinski definition) is 2. The van der Waals surface area contributed by atoms with Crippen molar-refractivity contribution in [1.29, 1.82) is 0 Å². The van der Waals surface area contributed by atoms with E-state index in [4.69, 9.17) is 9.47 Å². The van der Waals surface area contributed by atoms with E-state index in [1.807, 2.05) is 31.2 Å². The highest BCUT2D eigenvalue weighted by Crippen LogP contribution is 2.30. The fraction of sp³-hybridized carbons (Fsp3) is 0.500. The molecule has 2 N–H and O–H groups in total. The maximum atomic E-state index is 11.2. The van der Waals surface area contributed by atoms with Crippen molar-refractivity contribution in [2.24, 2.45) is 0 Å². The highest BCUT2D eigenvalue weighted by atomic mass is 16.6. The van der Waals surface area contributed by atoms with E-state index >= 15 is 0 Å². The Morgan fingerprint density at radius 3 is 2.79 bits per heavy atom. The average molecular weight is 265 g/mol. The summed E-state index contributed by atoms with van der Waals surface area (Å²) in [7, 11) is 0. The van der Waals surface area contributed by atoms with Gasteiger partial charge in [0.05, 0.1) is 0 Å². The molecule has 1 aliphatic heterocycles. The van der Waals surface area contributed by atoms with Crippen LogP contribution in [-0.2, 0) is 4.79 Å². The fourth-order valence-corrected chi connectivity index (χ4v) is 1.85. The Morgan fingerprint density at radius 2 is 2.16 bits per heavy atom. The summed E-state index contributed by atoms with van der Waals surface area (Å²) in [5.74, 6) is 0.580. The van der Waals surface area contributed by atoms with E-state index in [9.17, 15) is 9.90 Å². The first-order chi connectivity index (χ1) is 9.05. The molecule has 1 heterocycles. The van der Waals surface area contributed by atoms with Crippen LogP contribution in [-0.4, -0.2) is 35.9 Å². The van der Waals surface area contributed by atoms with E-state index in [1.165, 1.54) is 0 Å². The number of hydrogen-bond acceptors (Lipinski definition) is 4. The Kier molecular flexibility index (Phi) is 3.95. The first-order valence-electron chi connectivity index (χ1n) is 6.42. The van der Waals surface area contributed by atoms with Gasteiger partial charge in [-0.15, -0.1) is 0 Å². The van der Waals surface area contributed by atoms with Gasteiger partial charge in [-0.2, -0.15) is 0 Å². The molecule has 0 amide bonds. The molecule has 5 heteroatoms. The number of rotatable bonds is 5. The summed E-state index contributed by atoms with van der Waals surface area (Å²) in [5.41, 5.74) is -0.930. The van der Waals surface area contributed by atoms with Crippen molar-refractivity contribution in [1.82, 2.24) is 5.32 Å². The lowest BCUT2D eigenvalue weighted by Crippen LogP contribution is -2.53. The van der Waals surface area contributed by atoms with Crippen LogP contribution in [0.1, 0.15) is 20.3 Å². The minimum Gasteiger partial charge on any atom is -0.486 e. The number of para-hydroxylation sites is 2. The van der Waals surface area contributed by atoms with Crippen LogP contribution in [0.15, 0.2) is 24.3 Å². The van der Waals surface area contributed by atoms with Gasteiger partial charge in [0, 0.05) is 6.54 Å². The van der Waals surface area contributed by atoms with Gasteiger partial charge in [-0.3, -0.25) is 10.1 Å². The Labute approximate surface area is 112 Å². The lowest BCUT2D eigenvalue weighted by molar-refractivity contribution is -0.144. The van der Waals surface area contributed by atoms with Gasteiger partial charge in [0.2, 0.25) is 0 Å². The normalized spacial score (nSPS) is 20.6. The number of fused-ring (bicyclic) bond motifs is 1. The van der Waals surface area contributed by atoms with Gasteiger partial charge >= 0.3 is 5.97 Å². The van der Waals surface area contributed by atoms with Crippen molar-refractivity contribution in [3.05, 3.63) is 24.3 Å². The second-order valence-electron chi connectivity index (χ2n) is 4.87. The minimum atomic E-state index is -0.930. The zero-order valence-electron chi connectivity index (χ0n) is 11.2. The first kappa shape index (κ1) is 13.7. The highest BCUT2D eigenvalue weighted by Gasteiger charge is 2.32. The number of carbonyl (C=O) groups is 1. The number of ether oxygens (including phenoxy) is 2. The SMILES string of the molecule is CCC(C)(NCC1COc2ccccc2O1)C(=O)O. The van der Waals surface area contributed by atoms with Gasteiger partial charge in [-0.25, -0.2) is 0 Å². The minimum absolute atomic E-state index is 0.180. The summed E-state index contributed by atoms with van der Waals surface area (Å²) in [6, 6.07) is 7.47. The summed E-state index contributed by atoms with van der Waals surface area (Å²) in [5, 5.41) is 12.2. The Morgan fingerprint density at radius 1 is 1.47 bits per heavy atom. The monoisotopic (exact) mass is 265 g/mol. The maximum Gasteiger partial charge on any atom is 0.323 e. The summed E-state index contributed by atoms with van der Waals surface area (Å²) in [6.45, 7) is 4.37. The molecule has 5 nitrogen and oxygen atoms in total. The van der Waals surface area contributed by atoms with Crippen LogP contribution in [0.3, 0.4) is 0 Å². The van der Waals surface area contributed by atoms with Gasteiger partial charge in [-0.05, 0) is 25.5 Å². The van der Waals surface area contributed by atoms with Gasteiger partial charge in [0.1, 0.15) is 18.2 Å². The first-order valence-corrected chi connectivity index (χ1v) is 6.42. The summed E-state index contributed by atoms with van der Waals surface area (Å²) >= 11 is 0. The summed E-state index contributed by atoms with van der Waals surface area (Å²) in [6.07, 6.45) is 0.326. The van der Waals surface area contributed by atoms with Crippen molar-refractivity contribution in [2.75, 3.05) is 13.2 Å². The molecule has 0 aliphatic carbocycles. The highest BCUT2D eigenvalue weighted by molar-refractivity contribution is 5.78. The third kappa shape index (κ3) is 2.98. The molecule has 0 radical (unpaired) electrons. The van der Waals surface area contributed by atoms with Gasteiger partial charge in [-0.1, -0.05) is 19.1 Å². The largest absolute Gasteiger partial charge is 0.486 e. The predicted molar refractivity (Wildman–Crippen MR) is 70.7 cm³/mol. The van der Waals surface area contributed by atoms with E-state index < -0.39 is 11.5 Å². The summed E-state index contributed by atoms with van der Waals surface area (Å²) < 4.78 is 11.4. The molecule has 0 saturated carbocycles. The number of nitrogens with one attached hydrogen (secondary N) is 1. The number of aliphatic carboxylic acids is 1. The van der Waals surface area contributed by atoms with E-state index in [2.05, 4.69) is 5.32 Å². The quantitative estimate of drug-likeness (QED) is 0.847. The molecule has 19 heavy (non-hydrogen) atoms. The van der Waals surface area contributed by atoms with E-state index in [0.717, 1.165) is 5.75 Å². The molecular weight excluding hydrogens is 246 g/mol. The number of carboxylic acid groups (broad SMARTS) is 1. The smallest absolute Gasteiger partial charge is 0.323 e. The molecule has 0 aromatic heterocycles. The number of benzene rings is 1. The summed E-state index contributed by atoms with van der Waals surface area (Å²) in [4.78, 5) is 11.2. The molecule has 2 atom stereocenters. The molecule has 0 bridgehead atoms. The molecule has 104 valence electrons. The molecule has 2 unspecified atom stereocenters. The molecule has 0 saturated heterocycles. The van der Waals surface area contributed by atoms with Crippen LogP contribution >= 0.6 is 0 Å². The molecule has 1 aliphatic rings. The lowest BCUT2D eigenvalue weighted by atomic mass is 9.99. The third-order valence-corrected chi connectivity index (χ3v) is 3.47. The van der Waals surface area contributed by atoms with Crippen molar-refractivity contribution in [3.63, 3.8) is 0 Å². The molecule has 0 spiro atoms. The van der Waals surface area contributed by atoms with Crippen LogP contribution in [0.5, 0.6) is 11.5 Å². The van der Waals surface area contributed by atoms with Crippen LogP contribution in [0.2, 0.25) is 0 Å². The van der Waals surface area contributed by atoms with Crippen LogP contribution in [0.4, 0.5) is 0 Å². The standard InChI is InChI=1S/C14H19NO4/c1-3-14(2,13(16)17)15-8-10-9-18-11-6-4-5-7-12(11)19-10/h4-7,10,15H,3,8-9H2,1-2H3,(H,16,17). The van der Waals surface area contributed by atoms with Gasteiger partial charge in [0.15, 0.2) is 11.5 Å². The van der Waals surface area contributed by atoms with Crippen LogP contribution in [0, 0.1) is 0 Å². The van der Waals surface area contributed by atoms with E-state index in [1.54, 1.807) is 6.92 Å². The average Bonchev–Trinajstić information content (AvgIpc) is 2.44. The molecule has 1 aromatic rings. The Hall–Kier alpha value is -1.75. The second-order valence-corrected chi connectivity index (χ2v) is 4.87. The zero-order chi connectivity index (χ0) is 13.9. The van der Waals surface area contributed by atoms with Gasteiger partial charge < -0.3 is 14.6 Å². The molecular formula is C14H19NO4. The molecule has 1 aromatic carbocycles. The number of carboxylic acids is 1. The fourth-order valence-electron chi connectivity index (χ4n) is 1.85. The van der Waals surface area contributed by atoms with Crippen molar-refractivity contribution < 1.29 is 19.4 Å². The maximum absolute atomic E-state index is 11.2. The Balaban J connectivity index is 1.94. The van der Waals surface area contributed by atoms with Gasteiger partial charge in [0.25, 0.3) is 0 Å². The van der Waals surface area contributed by atoms with E-state index in [-0.39, 0.29) is 6.10 Å². The Bertz CT molecular complexity index is 463. The molecule has 0 fully saturated rings. The topological polar surface area (TPSA) is 67.8 Å². The zero-order valence-corrected chi connectivity index (χ0v) is 11.2. The van der Waals surface area contributed by atoms with Crippen molar-refractivity contribution in [2.45, 2.75) is 31.9 Å². The predicted octanol–water partition coefficient (Wildman–Crippen LogP) is 1.67. The molecule has 2 rings (SSSR count). The van der Waals surface area contributed by atoms with E-state index in [0.29, 0.717) is 25.3 Å². The van der Waals surface area contributed by atoms with Crippen LogP contribution < -0.4 is 14.8 Å². The second kappa shape index (κ2) is 5.48.